The molecule has 2 aromatic heterocycles. The molecule has 0 fully saturated rings. The van der Waals surface area contributed by atoms with Gasteiger partial charge >= 0.3 is 5.97 Å². The van der Waals surface area contributed by atoms with Crippen LogP contribution in [0.2, 0.25) is 0 Å². The lowest BCUT2D eigenvalue weighted by Gasteiger charge is -2.04. The number of aromatic carboxylic acids is 1. The third kappa shape index (κ3) is 1.93. The van der Waals surface area contributed by atoms with E-state index in [1.165, 1.54) is 12.3 Å². The highest BCUT2D eigenvalue weighted by Gasteiger charge is 2.14. The van der Waals surface area contributed by atoms with Crippen molar-refractivity contribution in [2.24, 2.45) is 0 Å². The number of rotatable bonds is 3. The molecule has 0 amide bonds. The SMILES string of the molecule is N#Cc1ccc2ccn(Cc3occc3C(=O)O)c2c1. The third-order valence-corrected chi connectivity index (χ3v) is 3.19. The first kappa shape index (κ1) is 12.1. The van der Waals surface area contributed by atoms with Crippen LogP contribution in [0.25, 0.3) is 10.9 Å². The van der Waals surface area contributed by atoms with Crippen molar-refractivity contribution in [1.29, 1.82) is 5.26 Å². The van der Waals surface area contributed by atoms with Gasteiger partial charge in [-0.2, -0.15) is 5.26 Å². The first-order valence-electron chi connectivity index (χ1n) is 5.97. The Morgan fingerprint density at radius 1 is 1.35 bits per heavy atom. The van der Waals surface area contributed by atoms with Gasteiger partial charge in [-0.3, -0.25) is 0 Å². The van der Waals surface area contributed by atoms with Crippen LogP contribution in [0.4, 0.5) is 0 Å². The lowest BCUT2D eigenvalue weighted by atomic mass is 10.2. The summed E-state index contributed by atoms with van der Waals surface area (Å²) in [6.07, 6.45) is 3.21. The topological polar surface area (TPSA) is 79.2 Å². The number of fused-ring (bicyclic) bond motifs is 1. The van der Waals surface area contributed by atoms with Gasteiger partial charge in [0.05, 0.1) is 24.4 Å². The Bertz CT molecular complexity index is 836. The van der Waals surface area contributed by atoms with Crippen molar-refractivity contribution in [2.45, 2.75) is 6.54 Å². The minimum Gasteiger partial charge on any atom is -0.478 e. The van der Waals surface area contributed by atoms with Crippen molar-refractivity contribution in [3.8, 4) is 6.07 Å². The van der Waals surface area contributed by atoms with Crippen LogP contribution in [0, 0.1) is 11.3 Å². The van der Waals surface area contributed by atoms with Gasteiger partial charge in [0, 0.05) is 11.7 Å². The monoisotopic (exact) mass is 266 g/mol. The van der Waals surface area contributed by atoms with E-state index in [2.05, 4.69) is 6.07 Å². The summed E-state index contributed by atoms with van der Waals surface area (Å²) in [5.41, 5.74) is 1.59. The molecule has 1 N–H and O–H groups in total. The largest absolute Gasteiger partial charge is 0.478 e. The highest BCUT2D eigenvalue weighted by atomic mass is 16.4. The first-order valence-corrected chi connectivity index (χ1v) is 5.97. The van der Waals surface area contributed by atoms with Gasteiger partial charge in [0.1, 0.15) is 11.3 Å². The van der Waals surface area contributed by atoms with E-state index in [1.54, 1.807) is 12.1 Å². The molecule has 1 aromatic carbocycles. The van der Waals surface area contributed by atoms with Crippen molar-refractivity contribution < 1.29 is 14.3 Å². The fourth-order valence-electron chi connectivity index (χ4n) is 2.20. The zero-order chi connectivity index (χ0) is 14.1. The fraction of sp³-hybridized carbons (Fsp3) is 0.0667. The second-order valence-electron chi connectivity index (χ2n) is 4.39. The molecule has 0 saturated carbocycles. The van der Waals surface area contributed by atoms with Crippen LogP contribution in [0.3, 0.4) is 0 Å². The van der Waals surface area contributed by atoms with Crippen molar-refractivity contribution in [3.05, 3.63) is 59.7 Å². The molecule has 98 valence electrons. The highest BCUT2D eigenvalue weighted by molar-refractivity contribution is 5.88. The number of furan rings is 1. The van der Waals surface area contributed by atoms with Crippen molar-refractivity contribution in [1.82, 2.24) is 4.57 Å². The van der Waals surface area contributed by atoms with E-state index in [0.717, 1.165) is 10.9 Å². The molecule has 5 heteroatoms. The average Bonchev–Trinajstić information content (AvgIpc) is 3.06. The van der Waals surface area contributed by atoms with E-state index in [0.29, 0.717) is 17.9 Å². The fourth-order valence-corrected chi connectivity index (χ4v) is 2.20. The van der Waals surface area contributed by atoms with Crippen LogP contribution < -0.4 is 0 Å². The van der Waals surface area contributed by atoms with Crippen molar-refractivity contribution >= 4 is 16.9 Å². The van der Waals surface area contributed by atoms with Gasteiger partial charge in [0.15, 0.2) is 0 Å². The van der Waals surface area contributed by atoms with Crippen molar-refractivity contribution in [3.63, 3.8) is 0 Å². The van der Waals surface area contributed by atoms with E-state index in [9.17, 15) is 4.79 Å². The Kier molecular flexibility index (Phi) is 2.77. The van der Waals surface area contributed by atoms with Gasteiger partial charge < -0.3 is 14.1 Å². The number of carbonyl (C=O) groups is 1. The van der Waals surface area contributed by atoms with E-state index >= 15 is 0 Å². The summed E-state index contributed by atoms with van der Waals surface area (Å²) in [5.74, 6) is -0.625. The maximum absolute atomic E-state index is 11.1. The van der Waals surface area contributed by atoms with Gasteiger partial charge in [-0.1, -0.05) is 6.07 Å². The molecule has 0 bridgehead atoms. The number of hydrogen-bond donors (Lipinski definition) is 1. The van der Waals surface area contributed by atoms with Crippen molar-refractivity contribution in [2.75, 3.05) is 0 Å². The van der Waals surface area contributed by atoms with Crippen LogP contribution in [0.5, 0.6) is 0 Å². The quantitative estimate of drug-likeness (QED) is 0.790. The Balaban J connectivity index is 2.05. The second-order valence-corrected chi connectivity index (χ2v) is 4.39. The molecule has 0 aliphatic carbocycles. The van der Waals surface area contributed by atoms with Gasteiger partial charge in [0.25, 0.3) is 0 Å². The molecular formula is C15H10N2O3. The van der Waals surface area contributed by atoms with Gasteiger partial charge in [-0.25, -0.2) is 4.79 Å². The molecule has 20 heavy (non-hydrogen) atoms. The Labute approximate surface area is 114 Å². The first-order chi connectivity index (χ1) is 9.69. The number of nitriles is 1. The van der Waals surface area contributed by atoms with Gasteiger partial charge in [-0.05, 0) is 29.7 Å². The number of hydrogen-bond acceptors (Lipinski definition) is 3. The summed E-state index contributed by atoms with van der Waals surface area (Å²) in [6.45, 7) is 0.313. The van der Waals surface area contributed by atoms with Crippen LogP contribution in [0.15, 0.2) is 47.2 Å². The van der Waals surface area contributed by atoms with Gasteiger partial charge in [-0.15, -0.1) is 0 Å². The molecule has 0 saturated heterocycles. The van der Waals surface area contributed by atoms with E-state index in [-0.39, 0.29) is 5.56 Å². The second kappa shape index (κ2) is 4.59. The minimum atomic E-state index is -1.01. The highest BCUT2D eigenvalue weighted by Crippen LogP contribution is 2.20. The normalized spacial score (nSPS) is 10.6. The molecule has 0 spiro atoms. The lowest BCUT2D eigenvalue weighted by molar-refractivity contribution is 0.0694. The molecule has 3 rings (SSSR count). The number of carboxylic acid groups (broad SMARTS) is 1. The molecule has 0 atom stereocenters. The minimum absolute atomic E-state index is 0.156. The van der Waals surface area contributed by atoms with Crippen LogP contribution in [0.1, 0.15) is 21.7 Å². The summed E-state index contributed by atoms with van der Waals surface area (Å²) in [7, 11) is 0. The smallest absolute Gasteiger partial charge is 0.339 e. The van der Waals surface area contributed by atoms with E-state index in [1.807, 2.05) is 22.9 Å². The number of nitrogens with zero attached hydrogens (tertiary/aromatic N) is 2. The summed E-state index contributed by atoms with van der Waals surface area (Å²) in [4.78, 5) is 11.1. The maximum atomic E-state index is 11.1. The number of aromatic nitrogens is 1. The Morgan fingerprint density at radius 3 is 2.95 bits per heavy atom. The maximum Gasteiger partial charge on any atom is 0.339 e. The predicted octanol–water partition coefficient (Wildman–Crippen LogP) is 2.85. The number of carboxylic acids is 1. The van der Waals surface area contributed by atoms with E-state index in [4.69, 9.17) is 14.8 Å². The summed E-state index contributed by atoms with van der Waals surface area (Å²) in [6, 6.07) is 10.8. The zero-order valence-corrected chi connectivity index (χ0v) is 10.4. The number of benzene rings is 1. The summed E-state index contributed by atoms with van der Waals surface area (Å²) >= 11 is 0. The van der Waals surface area contributed by atoms with E-state index < -0.39 is 5.97 Å². The van der Waals surface area contributed by atoms with Gasteiger partial charge in [0.2, 0.25) is 0 Å². The summed E-state index contributed by atoms with van der Waals surface area (Å²) < 4.78 is 7.10. The molecule has 0 aliphatic heterocycles. The molecule has 0 aliphatic rings. The molecule has 0 radical (unpaired) electrons. The predicted molar refractivity (Wildman–Crippen MR) is 71.4 cm³/mol. The van der Waals surface area contributed by atoms with Crippen LogP contribution in [-0.2, 0) is 6.54 Å². The Hall–Kier alpha value is -3.00. The lowest BCUT2D eigenvalue weighted by Crippen LogP contribution is -2.03. The standard InChI is InChI=1S/C15H10N2O3/c16-8-10-1-2-11-3-5-17(13(11)7-10)9-14-12(15(18)19)4-6-20-14/h1-7H,9H2,(H,18,19). The van der Waals surface area contributed by atoms with Crippen LogP contribution in [-0.4, -0.2) is 15.6 Å². The molecule has 0 unspecified atom stereocenters. The zero-order valence-electron chi connectivity index (χ0n) is 10.4. The third-order valence-electron chi connectivity index (χ3n) is 3.19. The van der Waals surface area contributed by atoms with Crippen LogP contribution >= 0.6 is 0 Å². The molecule has 3 aromatic rings. The molecule has 2 heterocycles. The molecular weight excluding hydrogens is 256 g/mol. The Morgan fingerprint density at radius 2 is 2.20 bits per heavy atom. The average molecular weight is 266 g/mol. The molecule has 5 nitrogen and oxygen atoms in total. The summed E-state index contributed by atoms with van der Waals surface area (Å²) in [5, 5.41) is 19.0.